The zero-order valence-electron chi connectivity index (χ0n) is 11.1. The monoisotopic (exact) mass is 304 g/mol. The minimum Gasteiger partial charge on any atom is -0.504 e. The average Bonchev–Trinajstić information content (AvgIpc) is 2.41. The number of hydrogen-bond acceptors (Lipinski definition) is 5. The number of benzene rings is 1. The van der Waals surface area contributed by atoms with Gasteiger partial charge in [-0.25, -0.2) is 9.59 Å². The van der Waals surface area contributed by atoms with Gasteiger partial charge in [0.05, 0.1) is 7.11 Å². The Balaban J connectivity index is 0.00000361. The molecule has 0 heterocycles. The number of phenolic OH excluding ortho intramolecular Hbond substituents is 1. The first-order chi connectivity index (χ1) is 9.06. The number of nitrogens with one attached hydrogen (secondary N) is 2. The number of halogens is 1. The first kappa shape index (κ1) is 17.8. The van der Waals surface area contributed by atoms with Crippen LogP contribution in [0.25, 0.3) is 0 Å². The summed E-state index contributed by atoms with van der Waals surface area (Å²) < 4.78 is 9.24. The van der Waals surface area contributed by atoms with E-state index < -0.39 is 12.2 Å². The van der Waals surface area contributed by atoms with E-state index in [0.717, 1.165) is 5.56 Å². The number of aromatic hydroxyl groups is 1. The second-order valence-electron chi connectivity index (χ2n) is 3.61. The summed E-state index contributed by atoms with van der Waals surface area (Å²) in [6, 6.07) is 4.65. The number of amides is 2. The summed E-state index contributed by atoms with van der Waals surface area (Å²) in [5.74, 6) is -0.0665. The lowest BCUT2D eigenvalue weighted by Crippen LogP contribution is -2.25. The smallest absolute Gasteiger partial charge is 0.412 e. The normalized spacial score (nSPS) is 9.10. The number of phenols is 1. The van der Waals surface area contributed by atoms with Crippen LogP contribution in [0.5, 0.6) is 11.5 Å². The Morgan fingerprint density at radius 3 is 2.55 bits per heavy atom. The van der Waals surface area contributed by atoms with Crippen molar-refractivity contribution in [2.24, 2.45) is 0 Å². The van der Waals surface area contributed by atoms with Crippen molar-refractivity contribution >= 4 is 24.6 Å². The van der Waals surface area contributed by atoms with E-state index in [1.54, 1.807) is 6.07 Å². The van der Waals surface area contributed by atoms with Gasteiger partial charge < -0.3 is 25.2 Å². The first-order valence-corrected chi connectivity index (χ1v) is 5.60. The molecule has 0 aliphatic carbocycles. The highest BCUT2D eigenvalue weighted by atomic mass is 35.5. The third-order valence-corrected chi connectivity index (χ3v) is 2.30. The predicted molar refractivity (Wildman–Crippen MR) is 74.6 cm³/mol. The lowest BCUT2D eigenvalue weighted by molar-refractivity contribution is 0.171. The highest BCUT2D eigenvalue weighted by Gasteiger charge is 2.08. The topological polar surface area (TPSA) is 96.9 Å². The molecule has 20 heavy (non-hydrogen) atoms. The summed E-state index contributed by atoms with van der Waals surface area (Å²) in [4.78, 5) is 21.8. The van der Waals surface area contributed by atoms with Crippen LogP contribution >= 0.6 is 12.4 Å². The van der Waals surface area contributed by atoms with Gasteiger partial charge in [0.25, 0.3) is 0 Å². The quantitative estimate of drug-likeness (QED) is 0.782. The number of ether oxygens (including phenoxy) is 2. The fraction of sp³-hybridized carbons (Fsp3) is 0.333. The van der Waals surface area contributed by atoms with Crippen molar-refractivity contribution in [1.82, 2.24) is 10.6 Å². The van der Waals surface area contributed by atoms with Crippen LogP contribution in [-0.4, -0.2) is 38.0 Å². The summed E-state index contributed by atoms with van der Waals surface area (Å²) in [6.45, 7) is 0.377. The van der Waals surface area contributed by atoms with Gasteiger partial charge >= 0.3 is 12.2 Å². The average molecular weight is 305 g/mol. The van der Waals surface area contributed by atoms with Gasteiger partial charge in [0, 0.05) is 13.6 Å². The van der Waals surface area contributed by atoms with E-state index >= 15 is 0 Å². The summed E-state index contributed by atoms with van der Waals surface area (Å²) >= 11 is 0. The third-order valence-electron chi connectivity index (χ3n) is 2.30. The van der Waals surface area contributed by atoms with E-state index in [2.05, 4.69) is 15.4 Å². The molecule has 0 unspecified atom stereocenters. The van der Waals surface area contributed by atoms with Gasteiger partial charge in [-0.2, -0.15) is 0 Å². The second kappa shape index (κ2) is 8.87. The molecule has 3 N–H and O–H groups in total. The summed E-state index contributed by atoms with van der Waals surface area (Å²) in [5.41, 5.74) is 0.790. The predicted octanol–water partition coefficient (Wildman–Crippen LogP) is 1.43. The molecule has 7 nitrogen and oxygen atoms in total. The van der Waals surface area contributed by atoms with Crippen LogP contribution < -0.4 is 15.4 Å². The fourth-order valence-corrected chi connectivity index (χ4v) is 1.34. The van der Waals surface area contributed by atoms with Crippen molar-refractivity contribution in [2.45, 2.75) is 6.42 Å². The second-order valence-corrected chi connectivity index (χ2v) is 3.61. The van der Waals surface area contributed by atoms with Crippen LogP contribution in [0.15, 0.2) is 18.2 Å². The number of hydrogen-bond donors (Lipinski definition) is 3. The largest absolute Gasteiger partial charge is 0.504 e. The summed E-state index contributed by atoms with van der Waals surface area (Å²) in [6.07, 6.45) is -0.651. The number of carbonyl (C=O) groups is 2. The summed E-state index contributed by atoms with van der Waals surface area (Å²) in [7, 11) is 2.71. The van der Waals surface area contributed by atoms with E-state index in [9.17, 15) is 14.7 Å². The molecule has 0 radical (unpaired) electrons. The maximum atomic E-state index is 11.0. The zero-order valence-corrected chi connectivity index (χ0v) is 12.0. The van der Waals surface area contributed by atoms with Crippen molar-refractivity contribution in [2.75, 3.05) is 20.7 Å². The van der Waals surface area contributed by atoms with Crippen molar-refractivity contribution in [1.29, 1.82) is 0 Å². The Morgan fingerprint density at radius 1 is 1.30 bits per heavy atom. The SMILES string of the molecule is CNC(=O)Oc1ccc(CCNC(=O)OC)cc1O.Cl. The van der Waals surface area contributed by atoms with Crippen LogP contribution in [0, 0.1) is 0 Å². The van der Waals surface area contributed by atoms with E-state index in [4.69, 9.17) is 4.74 Å². The van der Waals surface area contributed by atoms with Crippen molar-refractivity contribution < 1.29 is 24.2 Å². The van der Waals surface area contributed by atoms with E-state index in [-0.39, 0.29) is 23.9 Å². The van der Waals surface area contributed by atoms with Gasteiger partial charge in [-0.15, -0.1) is 12.4 Å². The van der Waals surface area contributed by atoms with E-state index in [0.29, 0.717) is 13.0 Å². The van der Waals surface area contributed by atoms with E-state index in [1.807, 2.05) is 0 Å². The fourth-order valence-electron chi connectivity index (χ4n) is 1.34. The van der Waals surface area contributed by atoms with Crippen molar-refractivity contribution in [3.63, 3.8) is 0 Å². The molecule has 0 fully saturated rings. The molecule has 1 aromatic carbocycles. The Morgan fingerprint density at radius 2 is 2.00 bits per heavy atom. The molecule has 0 aliphatic heterocycles. The van der Waals surface area contributed by atoms with Crippen molar-refractivity contribution in [3.05, 3.63) is 23.8 Å². The lowest BCUT2D eigenvalue weighted by Gasteiger charge is -2.08. The Bertz CT molecular complexity index is 467. The van der Waals surface area contributed by atoms with Gasteiger partial charge in [0.2, 0.25) is 0 Å². The molecule has 0 spiro atoms. The number of carbonyl (C=O) groups excluding carboxylic acids is 2. The molecular weight excluding hydrogens is 288 g/mol. The lowest BCUT2D eigenvalue weighted by atomic mass is 10.1. The molecule has 0 saturated carbocycles. The molecule has 0 aromatic heterocycles. The molecule has 0 atom stereocenters. The van der Waals surface area contributed by atoms with Crippen LogP contribution in [-0.2, 0) is 11.2 Å². The molecular formula is C12H17ClN2O5. The van der Waals surface area contributed by atoms with E-state index in [1.165, 1.54) is 26.3 Å². The zero-order chi connectivity index (χ0) is 14.3. The first-order valence-electron chi connectivity index (χ1n) is 5.60. The molecule has 8 heteroatoms. The standard InChI is InChI=1S/C12H16N2O5.ClH/c1-13-11(16)19-10-4-3-8(7-9(10)15)5-6-14-12(17)18-2;/h3-4,7,15H,5-6H2,1-2H3,(H,13,16)(H,14,17);1H. The Labute approximate surface area is 122 Å². The van der Waals surface area contributed by atoms with Crippen LogP contribution in [0.3, 0.4) is 0 Å². The Hall–Kier alpha value is -2.15. The minimum absolute atomic E-state index is 0. The van der Waals surface area contributed by atoms with Gasteiger partial charge in [-0.05, 0) is 24.1 Å². The third kappa shape index (κ3) is 5.66. The van der Waals surface area contributed by atoms with Crippen molar-refractivity contribution in [3.8, 4) is 11.5 Å². The molecule has 2 amide bonds. The van der Waals surface area contributed by atoms with Gasteiger partial charge in [0.1, 0.15) is 0 Å². The van der Waals surface area contributed by atoms with Crippen LogP contribution in [0.4, 0.5) is 9.59 Å². The molecule has 0 saturated heterocycles. The highest BCUT2D eigenvalue weighted by Crippen LogP contribution is 2.26. The van der Waals surface area contributed by atoms with Gasteiger partial charge in [-0.3, -0.25) is 0 Å². The van der Waals surface area contributed by atoms with Gasteiger partial charge in [-0.1, -0.05) is 6.07 Å². The minimum atomic E-state index is -0.657. The maximum absolute atomic E-state index is 11.0. The van der Waals surface area contributed by atoms with Gasteiger partial charge in [0.15, 0.2) is 11.5 Å². The van der Waals surface area contributed by atoms with Crippen LogP contribution in [0.1, 0.15) is 5.56 Å². The summed E-state index contributed by atoms with van der Waals surface area (Å²) in [5, 5.41) is 14.5. The highest BCUT2D eigenvalue weighted by molar-refractivity contribution is 5.85. The number of rotatable bonds is 4. The maximum Gasteiger partial charge on any atom is 0.412 e. The Kier molecular flexibility index (Phi) is 7.91. The number of methoxy groups -OCH3 is 1. The number of alkyl carbamates (subject to hydrolysis) is 1. The molecule has 112 valence electrons. The molecule has 1 rings (SSSR count). The molecule has 1 aromatic rings. The molecule has 0 bridgehead atoms. The van der Waals surface area contributed by atoms with Crippen LogP contribution in [0.2, 0.25) is 0 Å². The molecule has 0 aliphatic rings.